The second-order valence-corrected chi connectivity index (χ2v) is 6.94. The molecule has 116 valence electrons. The summed E-state index contributed by atoms with van der Waals surface area (Å²) in [5, 5.41) is 8.98. The monoisotopic (exact) mass is 312 g/mol. The lowest BCUT2D eigenvalue weighted by molar-refractivity contribution is 0.0732. The van der Waals surface area contributed by atoms with E-state index in [0.29, 0.717) is 37.3 Å². The van der Waals surface area contributed by atoms with Crippen molar-refractivity contribution in [2.45, 2.75) is 13.3 Å². The van der Waals surface area contributed by atoms with Gasteiger partial charge in [0.1, 0.15) is 0 Å². The van der Waals surface area contributed by atoms with Gasteiger partial charge in [-0.05, 0) is 37.1 Å². The zero-order chi connectivity index (χ0) is 15.6. The van der Waals surface area contributed by atoms with E-state index < -0.39 is 10.0 Å². The fourth-order valence-electron chi connectivity index (χ4n) is 2.56. The molecule has 1 amide bonds. The van der Waals surface area contributed by atoms with E-state index in [4.69, 9.17) is 5.11 Å². The largest absolute Gasteiger partial charge is 0.395 e. The predicted molar refractivity (Wildman–Crippen MR) is 81.0 cm³/mol. The molecule has 6 nitrogen and oxygen atoms in total. The molecule has 0 bridgehead atoms. The Morgan fingerprint density at radius 2 is 2.14 bits per heavy atom. The molecule has 0 saturated heterocycles. The van der Waals surface area contributed by atoms with Crippen LogP contribution in [0.15, 0.2) is 18.2 Å². The number of fused-ring (bicyclic) bond motifs is 1. The Bertz CT molecular complexity index is 642. The van der Waals surface area contributed by atoms with Crippen LogP contribution in [0.5, 0.6) is 0 Å². The van der Waals surface area contributed by atoms with Crippen molar-refractivity contribution in [1.29, 1.82) is 0 Å². The van der Waals surface area contributed by atoms with Crippen LogP contribution in [0.25, 0.3) is 0 Å². The summed E-state index contributed by atoms with van der Waals surface area (Å²) >= 11 is 0. The third-order valence-electron chi connectivity index (χ3n) is 3.62. The van der Waals surface area contributed by atoms with Gasteiger partial charge in [0, 0.05) is 25.2 Å². The number of nitrogens with zero attached hydrogens (tertiary/aromatic N) is 2. The van der Waals surface area contributed by atoms with E-state index >= 15 is 0 Å². The smallest absolute Gasteiger partial charge is 0.253 e. The summed E-state index contributed by atoms with van der Waals surface area (Å²) in [6.07, 6.45) is 1.79. The summed E-state index contributed by atoms with van der Waals surface area (Å²) in [4.78, 5) is 13.9. The number of benzene rings is 1. The number of hydrogen-bond donors (Lipinski definition) is 1. The predicted octanol–water partition coefficient (Wildman–Crippen LogP) is 0.463. The molecule has 0 aliphatic carbocycles. The Kier molecular flexibility index (Phi) is 4.53. The van der Waals surface area contributed by atoms with Crippen LogP contribution in [0.4, 0.5) is 5.69 Å². The van der Waals surface area contributed by atoms with E-state index in [2.05, 4.69) is 0 Å². The number of aliphatic hydroxyl groups is 1. The van der Waals surface area contributed by atoms with Crippen LogP contribution in [-0.2, 0) is 16.4 Å². The normalized spacial score (nSPS) is 14.1. The second-order valence-electron chi connectivity index (χ2n) is 5.04. The van der Waals surface area contributed by atoms with Crippen molar-refractivity contribution in [2.75, 3.05) is 36.8 Å². The molecule has 0 aromatic heterocycles. The number of amides is 1. The van der Waals surface area contributed by atoms with Crippen LogP contribution < -0.4 is 4.31 Å². The fourth-order valence-corrected chi connectivity index (χ4v) is 3.51. The van der Waals surface area contributed by atoms with Crippen molar-refractivity contribution < 1.29 is 18.3 Å². The summed E-state index contributed by atoms with van der Waals surface area (Å²) < 4.78 is 24.7. The molecule has 1 heterocycles. The minimum atomic E-state index is -3.27. The number of hydrogen-bond acceptors (Lipinski definition) is 4. The first kappa shape index (κ1) is 15.8. The number of sulfonamides is 1. The number of carbonyl (C=O) groups is 1. The molecule has 0 saturated carbocycles. The maximum atomic E-state index is 12.3. The lowest BCUT2D eigenvalue weighted by atomic mass is 10.1. The summed E-state index contributed by atoms with van der Waals surface area (Å²) in [6.45, 7) is 3.01. The Balaban J connectivity index is 2.29. The van der Waals surface area contributed by atoms with Gasteiger partial charge in [-0.2, -0.15) is 0 Å². The third-order valence-corrected chi connectivity index (χ3v) is 4.80. The molecule has 7 heteroatoms. The summed E-state index contributed by atoms with van der Waals surface area (Å²) in [7, 11) is -3.27. The quantitative estimate of drug-likeness (QED) is 0.857. The van der Waals surface area contributed by atoms with Gasteiger partial charge in [0.05, 0.1) is 18.6 Å². The van der Waals surface area contributed by atoms with Gasteiger partial charge in [0.2, 0.25) is 10.0 Å². The summed E-state index contributed by atoms with van der Waals surface area (Å²) in [5.41, 5.74) is 2.05. The maximum Gasteiger partial charge on any atom is 0.253 e. The molecule has 2 rings (SSSR count). The first-order chi connectivity index (χ1) is 9.88. The standard InChI is InChI=1S/C14H20N2O4S/c1-3-15(8-9-17)14(18)12-4-5-13-11(10-12)6-7-16(13)21(2,19)20/h4-5,10,17H,3,6-9H2,1-2H3. The van der Waals surface area contributed by atoms with Gasteiger partial charge in [-0.3, -0.25) is 9.10 Å². The van der Waals surface area contributed by atoms with Gasteiger partial charge in [-0.15, -0.1) is 0 Å². The highest BCUT2D eigenvalue weighted by Crippen LogP contribution is 2.30. The SMILES string of the molecule is CCN(CCO)C(=O)c1ccc2c(c1)CCN2S(C)(=O)=O. The highest BCUT2D eigenvalue weighted by Gasteiger charge is 2.27. The van der Waals surface area contributed by atoms with Gasteiger partial charge in [0.25, 0.3) is 5.91 Å². The Morgan fingerprint density at radius 1 is 1.43 bits per heavy atom. The van der Waals surface area contributed by atoms with E-state index in [0.717, 1.165) is 5.56 Å². The molecule has 0 unspecified atom stereocenters. The number of likely N-dealkylation sites (N-methyl/N-ethyl adjacent to an activating group) is 1. The van der Waals surface area contributed by atoms with E-state index in [1.165, 1.54) is 10.6 Å². The van der Waals surface area contributed by atoms with Crippen molar-refractivity contribution in [3.05, 3.63) is 29.3 Å². The average molecular weight is 312 g/mol. The molecule has 1 aromatic rings. The maximum absolute atomic E-state index is 12.3. The highest BCUT2D eigenvalue weighted by molar-refractivity contribution is 7.92. The first-order valence-electron chi connectivity index (χ1n) is 6.89. The zero-order valence-electron chi connectivity index (χ0n) is 12.2. The van der Waals surface area contributed by atoms with E-state index in [1.54, 1.807) is 23.1 Å². The number of carbonyl (C=O) groups excluding carboxylic acids is 1. The lowest BCUT2D eigenvalue weighted by Gasteiger charge is -2.20. The molecule has 0 spiro atoms. The fraction of sp³-hybridized carbons (Fsp3) is 0.500. The third kappa shape index (κ3) is 3.19. The molecular formula is C14H20N2O4S. The Labute approximate surface area is 125 Å². The van der Waals surface area contributed by atoms with Crippen LogP contribution in [0.1, 0.15) is 22.8 Å². The van der Waals surface area contributed by atoms with Gasteiger partial charge in [-0.25, -0.2) is 8.42 Å². The zero-order valence-corrected chi connectivity index (χ0v) is 13.1. The molecule has 1 aliphatic rings. The van der Waals surface area contributed by atoms with Gasteiger partial charge in [0.15, 0.2) is 0 Å². The topological polar surface area (TPSA) is 77.9 Å². The summed E-state index contributed by atoms with van der Waals surface area (Å²) in [5.74, 6) is -0.146. The van der Waals surface area contributed by atoms with Gasteiger partial charge >= 0.3 is 0 Å². The van der Waals surface area contributed by atoms with E-state index in [9.17, 15) is 13.2 Å². The minimum Gasteiger partial charge on any atom is -0.395 e. The molecule has 1 aromatic carbocycles. The highest BCUT2D eigenvalue weighted by atomic mass is 32.2. The minimum absolute atomic E-state index is 0.0770. The average Bonchev–Trinajstić information content (AvgIpc) is 2.86. The van der Waals surface area contributed by atoms with Gasteiger partial charge < -0.3 is 10.0 Å². The van der Waals surface area contributed by atoms with Crippen molar-refractivity contribution >= 4 is 21.6 Å². The van der Waals surface area contributed by atoms with Crippen LogP contribution in [0.3, 0.4) is 0 Å². The lowest BCUT2D eigenvalue weighted by Crippen LogP contribution is -2.33. The number of anilines is 1. The van der Waals surface area contributed by atoms with Crippen LogP contribution in [0, 0.1) is 0 Å². The molecule has 0 radical (unpaired) electrons. The molecule has 21 heavy (non-hydrogen) atoms. The van der Waals surface area contributed by atoms with Crippen molar-refractivity contribution in [3.8, 4) is 0 Å². The Morgan fingerprint density at radius 3 is 2.71 bits per heavy atom. The number of rotatable bonds is 5. The Hall–Kier alpha value is -1.60. The first-order valence-corrected chi connectivity index (χ1v) is 8.74. The van der Waals surface area contributed by atoms with Crippen molar-refractivity contribution in [2.24, 2.45) is 0 Å². The van der Waals surface area contributed by atoms with Crippen molar-refractivity contribution in [1.82, 2.24) is 4.90 Å². The molecule has 0 fully saturated rings. The van der Waals surface area contributed by atoms with E-state index in [-0.39, 0.29) is 12.5 Å². The van der Waals surface area contributed by atoms with Crippen LogP contribution in [0.2, 0.25) is 0 Å². The van der Waals surface area contributed by atoms with Crippen LogP contribution in [-0.4, -0.2) is 56.8 Å². The molecule has 0 atom stereocenters. The van der Waals surface area contributed by atoms with E-state index in [1.807, 2.05) is 6.92 Å². The number of aliphatic hydroxyl groups excluding tert-OH is 1. The van der Waals surface area contributed by atoms with Gasteiger partial charge in [-0.1, -0.05) is 0 Å². The molecule has 1 N–H and O–H groups in total. The summed E-state index contributed by atoms with van der Waals surface area (Å²) in [6, 6.07) is 5.08. The van der Waals surface area contributed by atoms with Crippen LogP contribution >= 0.6 is 0 Å². The van der Waals surface area contributed by atoms with Crippen molar-refractivity contribution in [3.63, 3.8) is 0 Å². The second kappa shape index (κ2) is 6.03. The molecular weight excluding hydrogens is 292 g/mol. The molecule has 1 aliphatic heterocycles.